The van der Waals surface area contributed by atoms with Gasteiger partial charge in [0.05, 0.1) is 29.6 Å². The van der Waals surface area contributed by atoms with E-state index in [2.05, 4.69) is 35.0 Å². The van der Waals surface area contributed by atoms with Crippen molar-refractivity contribution in [3.05, 3.63) is 92.8 Å². The van der Waals surface area contributed by atoms with Crippen molar-refractivity contribution in [2.24, 2.45) is 0 Å². The smallest absolute Gasteiger partial charge is 0.339 e. The number of carbonyl (C=O) groups excluding carboxylic acids is 2. The molecule has 214 valence electrons. The van der Waals surface area contributed by atoms with Crippen molar-refractivity contribution in [3.8, 4) is 22.5 Å². The number of pyridine rings is 1. The third-order valence-electron chi connectivity index (χ3n) is 7.59. The standard InChI is InChI=1S/C32H30FN5O3S/c1-5-23-15-28(31(39)37-12-11-21-13-18(3)42-30(21)19(37)4)35-29-16-27(36-38(23)29)24-9-7-20(14-25(24)33)26-10-8-22(17-34-26)32(40)41-6-2/h7-10,13-17,19H,5-6,11-12H2,1-4H3. The maximum Gasteiger partial charge on any atom is 0.339 e. The molecule has 0 spiro atoms. The molecule has 0 N–H and O–H groups in total. The lowest BCUT2D eigenvalue weighted by molar-refractivity contribution is 0.0525. The van der Waals surface area contributed by atoms with Crippen molar-refractivity contribution in [1.29, 1.82) is 0 Å². The van der Waals surface area contributed by atoms with Crippen LogP contribution in [0.1, 0.15) is 68.7 Å². The van der Waals surface area contributed by atoms with Crippen molar-refractivity contribution in [1.82, 2.24) is 24.5 Å². The molecule has 8 nitrogen and oxygen atoms in total. The van der Waals surface area contributed by atoms with Gasteiger partial charge in [-0.05, 0) is 75.6 Å². The molecule has 0 fully saturated rings. The molecule has 6 rings (SSSR count). The molecule has 1 unspecified atom stereocenters. The minimum atomic E-state index is -0.467. The zero-order chi connectivity index (χ0) is 29.5. The van der Waals surface area contributed by atoms with Gasteiger partial charge in [-0.15, -0.1) is 11.3 Å². The van der Waals surface area contributed by atoms with Crippen LogP contribution in [0.5, 0.6) is 0 Å². The molecule has 10 heteroatoms. The van der Waals surface area contributed by atoms with E-state index in [-0.39, 0.29) is 18.6 Å². The SMILES string of the molecule is CCOC(=O)c1ccc(-c2ccc(-c3cc4nc(C(=O)N5CCc6cc(C)sc6C5C)cc(CC)n4n3)c(F)c2)nc1. The molecule has 5 heterocycles. The fourth-order valence-corrected chi connectivity index (χ4v) is 6.58. The van der Waals surface area contributed by atoms with E-state index in [0.717, 1.165) is 12.1 Å². The van der Waals surface area contributed by atoms with Gasteiger partial charge in [-0.25, -0.2) is 18.7 Å². The summed E-state index contributed by atoms with van der Waals surface area (Å²) in [6.07, 6.45) is 2.87. The van der Waals surface area contributed by atoms with E-state index in [1.54, 1.807) is 59.2 Å². The Bertz CT molecular complexity index is 1830. The van der Waals surface area contributed by atoms with Crippen molar-refractivity contribution in [2.45, 2.75) is 46.6 Å². The number of hydrogen-bond donors (Lipinski definition) is 0. The summed E-state index contributed by atoms with van der Waals surface area (Å²) >= 11 is 1.74. The molecule has 0 aliphatic carbocycles. The molecule has 42 heavy (non-hydrogen) atoms. The average molecular weight is 584 g/mol. The van der Waals surface area contributed by atoms with Gasteiger partial charge in [0, 0.05) is 45.4 Å². The summed E-state index contributed by atoms with van der Waals surface area (Å²) in [5.41, 5.74) is 5.15. The van der Waals surface area contributed by atoms with Gasteiger partial charge < -0.3 is 9.64 Å². The number of halogens is 1. The van der Waals surface area contributed by atoms with Gasteiger partial charge in [-0.1, -0.05) is 13.0 Å². The highest BCUT2D eigenvalue weighted by Gasteiger charge is 2.31. The van der Waals surface area contributed by atoms with Gasteiger partial charge in [0.25, 0.3) is 5.91 Å². The Morgan fingerprint density at radius 3 is 2.64 bits per heavy atom. The molecule has 1 aliphatic rings. The first kappa shape index (κ1) is 27.7. The summed E-state index contributed by atoms with van der Waals surface area (Å²) in [5.74, 6) is -1.03. The largest absolute Gasteiger partial charge is 0.462 e. The highest BCUT2D eigenvalue weighted by Crippen LogP contribution is 2.36. The summed E-state index contributed by atoms with van der Waals surface area (Å²) in [5, 5.41) is 4.65. The van der Waals surface area contributed by atoms with Crippen LogP contribution >= 0.6 is 11.3 Å². The molecule has 0 bridgehead atoms. The number of benzene rings is 1. The molecular weight excluding hydrogens is 553 g/mol. The van der Waals surface area contributed by atoms with Crippen LogP contribution in [0.2, 0.25) is 0 Å². The van der Waals surface area contributed by atoms with Crippen LogP contribution in [-0.2, 0) is 17.6 Å². The Balaban J connectivity index is 1.29. The Morgan fingerprint density at radius 2 is 1.93 bits per heavy atom. The van der Waals surface area contributed by atoms with Crippen LogP contribution in [0.3, 0.4) is 0 Å². The molecule has 1 aromatic carbocycles. The van der Waals surface area contributed by atoms with Gasteiger partial charge in [-0.3, -0.25) is 9.78 Å². The number of amides is 1. The van der Waals surface area contributed by atoms with Gasteiger partial charge >= 0.3 is 5.97 Å². The first-order valence-corrected chi connectivity index (χ1v) is 14.8. The monoisotopic (exact) mass is 583 g/mol. The summed E-state index contributed by atoms with van der Waals surface area (Å²) in [6.45, 7) is 8.81. The van der Waals surface area contributed by atoms with Crippen LogP contribution < -0.4 is 0 Å². The lowest BCUT2D eigenvalue weighted by Crippen LogP contribution is -2.38. The van der Waals surface area contributed by atoms with E-state index in [4.69, 9.17) is 4.74 Å². The van der Waals surface area contributed by atoms with E-state index in [9.17, 15) is 9.59 Å². The Morgan fingerprint density at radius 1 is 1.10 bits per heavy atom. The molecule has 1 amide bonds. The van der Waals surface area contributed by atoms with Crippen molar-refractivity contribution in [3.63, 3.8) is 0 Å². The van der Waals surface area contributed by atoms with Gasteiger partial charge in [0.2, 0.25) is 0 Å². The number of nitrogens with zero attached hydrogens (tertiary/aromatic N) is 5. The zero-order valence-corrected chi connectivity index (χ0v) is 24.7. The second-order valence-electron chi connectivity index (χ2n) is 10.3. The molecule has 0 saturated heterocycles. The van der Waals surface area contributed by atoms with Crippen LogP contribution in [0.25, 0.3) is 28.2 Å². The highest BCUT2D eigenvalue weighted by atomic mass is 32.1. The minimum Gasteiger partial charge on any atom is -0.462 e. The predicted molar refractivity (Wildman–Crippen MR) is 159 cm³/mol. The van der Waals surface area contributed by atoms with Crippen LogP contribution in [0.15, 0.2) is 54.7 Å². The van der Waals surface area contributed by atoms with Crippen LogP contribution in [0.4, 0.5) is 4.39 Å². The quantitative estimate of drug-likeness (QED) is 0.213. The summed E-state index contributed by atoms with van der Waals surface area (Å²) in [4.78, 5) is 38.9. The van der Waals surface area contributed by atoms with E-state index < -0.39 is 11.8 Å². The maximum absolute atomic E-state index is 15.4. The number of rotatable bonds is 6. The molecule has 1 atom stereocenters. The number of carbonyl (C=O) groups is 2. The molecule has 4 aromatic heterocycles. The molecule has 0 saturated carbocycles. The maximum atomic E-state index is 15.4. The fraction of sp³-hybridized carbons (Fsp3) is 0.281. The second kappa shape index (κ2) is 11.1. The molecule has 1 aliphatic heterocycles. The third-order valence-corrected chi connectivity index (χ3v) is 8.86. The van der Waals surface area contributed by atoms with Crippen LogP contribution in [0, 0.1) is 12.7 Å². The molecule has 0 radical (unpaired) electrons. The average Bonchev–Trinajstić information content (AvgIpc) is 3.60. The lowest BCUT2D eigenvalue weighted by atomic mass is 10.0. The topological polar surface area (TPSA) is 89.7 Å². The van der Waals surface area contributed by atoms with Gasteiger partial charge in [0.15, 0.2) is 5.65 Å². The number of hydrogen-bond acceptors (Lipinski definition) is 7. The molecule has 5 aromatic rings. The normalized spacial score (nSPS) is 14.7. The number of aromatic nitrogens is 4. The first-order valence-electron chi connectivity index (χ1n) is 14.0. The lowest BCUT2D eigenvalue weighted by Gasteiger charge is -2.33. The summed E-state index contributed by atoms with van der Waals surface area (Å²) in [6, 6.07) is 13.8. The van der Waals surface area contributed by atoms with Crippen LogP contribution in [-0.4, -0.2) is 49.5 Å². The van der Waals surface area contributed by atoms with E-state index in [1.165, 1.54) is 27.6 Å². The second-order valence-corrected chi connectivity index (χ2v) is 11.6. The minimum absolute atomic E-state index is 0.0213. The van der Waals surface area contributed by atoms with Crippen molar-refractivity contribution >= 4 is 28.9 Å². The third kappa shape index (κ3) is 4.96. The van der Waals surface area contributed by atoms with Gasteiger partial charge in [0.1, 0.15) is 11.5 Å². The van der Waals surface area contributed by atoms with E-state index >= 15 is 4.39 Å². The number of ether oxygens (including phenoxy) is 1. The number of aryl methyl sites for hydroxylation is 2. The number of esters is 1. The number of thiophene rings is 1. The fourth-order valence-electron chi connectivity index (χ4n) is 5.45. The first-order chi connectivity index (χ1) is 20.3. The summed E-state index contributed by atoms with van der Waals surface area (Å²) < 4.78 is 22.1. The van der Waals surface area contributed by atoms with Crippen molar-refractivity contribution < 1.29 is 18.7 Å². The molecular formula is C32H30FN5O3S. The van der Waals surface area contributed by atoms with E-state index in [0.29, 0.717) is 52.4 Å². The highest BCUT2D eigenvalue weighted by molar-refractivity contribution is 7.12. The Hall–Kier alpha value is -4.44. The number of fused-ring (bicyclic) bond motifs is 2. The van der Waals surface area contributed by atoms with Gasteiger partial charge in [-0.2, -0.15) is 5.10 Å². The zero-order valence-electron chi connectivity index (χ0n) is 23.8. The predicted octanol–water partition coefficient (Wildman–Crippen LogP) is 6.47. The Kier molecular flexibility index (Phi) is 7.32. The van der Waals surface area contributed by atoms with Crippen molar-refractivity contribution in [2.75, 3.05) is 13.2 Å². The summed E-state index contributed by atoms with van der Waals surface area (Å²) in [7, 11) is 0. The Labute approximate surface area is 246 Å². The van der Waals surface area contributed by atoms with E-state index in [1.807, 2.05) is 11.8 Å².